The molecule has 0 aliphatic carbocycles. The van der Waals surface area contributed by atoms with E-state index in [0.717, 1.165) is 22.5 Å². The van der Waals surface area contributed by atoms with Crippen LogP contribution < -0.4 is 14.4 Å². The van der Waals surface area contributed by atoms with Gasteiger partial charge in [0.05, 0.1) is 16.1 Å². The van der Waals surface area contributed by atoms with Crippen molar-refractivity contribution in [3.05, 3.63) is 83.1 Å². The average Bonchev–Trinajstić information content (AvgIpc) is 2.76. The van der Waals surface area contributed by atoms with E-state index in [1.807, 2.05) is 0 Å². The molecule has 0 saturated heterocycles. The number of nitrogens with zero attached hydrogens (tertiary/aromatic N) is 2. The van der Waals surface area contributed by atoms with Crippen molar-refractivity contribution in [2.45, 2.75) is 13.1 Å². The third kappa shape index (κ3) is 6.20. The number of carbonyl (C=O) groups excluding carboxylic acids is 1. The number of ether oxygens (including phenoxy) is 1. The SMILES string of the molecule is [CH2]CN(c1cc(NC(=O)c2cc(Cl)c(C(F)(F)F)cc2Oc2ccc(F)cc2C)ccn1)[SH](=O)=O. The first kappa shape index (κ1) is 26.2. The van der Waals surface area contributed by atoms with Crippen LogP contribution in [0.15, 0.2) is 48.7 Å². The summed E-state index contributed by atoms with van der Waals surface area (Å²) in [5.41, 5.74) is -1.22. The summed E-state index contributed by atoms with van der Waals surface area (Å²) in [6.07, 6.45) is -3.61. The summed E-state index contributed by atoms with van der Waals surface area (Å²) in [6, 6.07) is 7.33. The van der Waals surface area contributed by atoms with Crippen molar-refractivity contribution in [2.75, 3.05) is 16.2 Å². The van der Waals surface area contributed by atoms with Crippen LogP contribution in [-0.4, -0.2) is 25.9 Å². The lowest BCUT2D eigenvalue weighted by molar-refractivity contribution is -0.137. The molecular formula is C22H17ClF4N3O4S. The van der Waals surface area contributed by atoms with Gasteiger partial charge in [-0.1, -0.05) is 11.6 Å². The normalized spacial score (nSPS) is 11.4. The van der Waals surface area contributed by atoms with Crippen LogP contribution in [-0.2, 0) is 17.1 Å². The number of aromatic nitrogens is 1. The number of anilines is 2. The van der Waals surface area contributed by atoms with E-state index in [4.69, 9.17) is 16.3 Å². The molecule has 35 heavy (non-hydrogen) atoms. The zero-order chi connectivity index (χ0) is 25.9. The van der Waals surface area contributed by atoms with Gasteiger partial charge in [0.15, 0.2) is 0 Å². The first-order chi connectivity index (χ1) is 16.4. The van der Waals surface area contributed by atoms with E-state index < -0.39 is 45.1 Å². The smallest absolute Gasteiger partial charge is 0.417 e. The first-order valence-corrected chi connectivity index (χ1v) is 11.2. The first-order valence-electron chi connectivity index (χ1n) is 9.74. The second-order valence-corrected chi connectivity index (χ2v) is 8.42. The zero-order valence-electron chi connectivity index (χ0n) is 17.9. The van der Waals surface area contributed by atoms with Gasteiger partial charge in [-0.3, -0.25) is 9.10 Å². The third-order valence-electron chi connectivity index (χ3n) is 4.65. The van der Waals surface area contributed by atoms with Crippen LogP contribution in [0.25, 0.3) is 0 Å². The number of thiol groups is 1. The van der Waals surface area contributed by atoms with E-state index in [9.17, 15) is 30.8 Å². The Labute approximate surface area is 204 Å². The van der Waals surface area contributed by atoms with Gasteiger partial charge in [-0.05, 0) is 55.8 Å². The number of hydrogen-bond acceptors (Lipinski definition) is 5. The van der Waals surface area contributed by atoms with E-state index >= 15 is 0 Å². The van der Waals surface area contributed by atoms with Crippen LogP contribution >= 0.6 is 11.6 Å². The standard InChI is InChI=1S/C22H17ClF4N3O4S/c1-3-30(35(32)33)20-9-14(6-7-28-20)29-21(31)15-10-17(23)16(22(25,26)27)11-19(15)34-18-5-4-13(24)8-12(18)2/h4-11,35H,1,3H2,2H3,(H,28,29,31). The Bertz CT molecular complexity index is 1340. The minimum Gasteiger partial charge on any atom is -0.456 e. The molecular weight excluding hydrogens is 514 g/mol. The van der Waals surface area contributed by atoms with Crippen LogP contribution in [0.1, 0.15) is 21.5 Å². The molecule has 1 aromatic heterocycles. The van der Waals surface area contributed by atoms with Crippen LogP contribution in [0.4, 0.5) is 29.1 Å². The van der Waals surface area contributed by atoms with Gasteiger partial charge in [0.1, 0.15) is 23.1 Å². The minimum absolute atomic E-state index is 0.0208. The molecule has 0 saturated carbocycles. The molecule has 3 aromatic rings. The Hall–Kier alpha value is -3.38. The van der Waals surface area contributed by atoms with Crippen molar-refractivity contribution in [1.82, 2.24) is 4.98 Å². The van der Waals surface area contributed by atoms with Gasteiger partial charge < -0.3 is 10.1 Å². The molecule has 0 aliphatic heterocycles. The van der Waals surface area contributed by atoms with Crippen molar-refractivity contribution in [2.24, 2.45) is 0 Å². The summed E-state index contributed by atoms with van der Waals surface area (Å²) in [7, 11) is -3.05. The molecule has 1 amide bonds. The fourth-order valence-electron chi connectivity index (χ4n) is 2.99. The Morgan fingerprint density at radius 1 is 1.17 bits per heavy atom. The molecule has 3 rings (SSSR count). The fourth-order valence-corrected chi connectivity index (χ4v) is 3.70. The molecule has 1 heterocycles. The van der Waals surface area contributed by atoms with Crippen LogP contribution in [0.3, 0.4) is 0 Å². The number of aryl methyl sites for hydroxylation is 1. The highest BCUT2D eigenvalue weighted by atomic mass is 35.5. The Kier molecular flexibility index (Phi) is 7.86. The van der Waals surface area contributed by atoms with Crippen molar-refractivity contribution in [1.29, 1.82) is 0 Å². The summed E-state index contributed by atoms with van der Waals surface area (Å²) in [4.78, 5) is 16.9. The van der Waals surface area contributed by atoms with Gasteiger partial charge in [0.25, 0.3) is 5.91 Å². The van der Waals surface area contributed by atoms with Gasteiger partial charge in [-0.2, -0.15) is 13.2 Å². The van der Waals surface area contributed by atoms with E-state index in [2.05, 4.69) is 17.2 Å². The number of nitrogens with one attached hydrogen (secondary N) is 1. The van der Waals surface area contributed by atoms with Gasteiger partial charge >= 0.3 is 6.18 Å². The number of rotatable bonds is 7. The van der Waals surface area contributed by atoms with Gasteiger partial charge in [0, 0.05) is 24.5 Å². The Morgan fingerprint density at radius 3 is 2.49 bits per heavy atom. The molecule has 1 radical (unpaired) electrons. The van der Waals surface area contributed by atoms with E-state index in [1.165, 1.54) is 31.3 Å². The summed E-state index contributed by atoms with van der Waals surface area (Å²) >= 11 is 5.81. The summed E-state index contributed by atoms with van der Waals surface area (Å²) in [5.74, 6) is -1.97. The largest absolute Gasteiger partial charge is 0.456 e. The number of alkyl halides is 3. The molecule has 0 unspecified atom stereocenters. The highest BCUT2D eigenvalue weighted by molar-refractivity contribution is 7.74. The van der Waals surface area contributed by atoms with Gasteiger partial charge in [-0.15, -0.1) is 0 Å². The monoisotopic (exact) mass is 530 g/mol. The number of hydrogen-bond donors (Lipinski definition) is 2. The Morgan fingerprint density at radius 2 is 1.89 bits per heavy atom. The lowest BCUT2D eigenvalue weighted by Crippen LogP contribution is -2.22. The number of amides is 1. The molecule has 7 nitrogen and oxygen atoms in total. The van der Waals surface area contributed by atoms with E-state index in [0.29, 0.717) is 6.07 Å². The van der Waals surface area contributed by atoms with E-state index in [-0.39, 0.29) is 34.9 Å². The van der Waals surface area contributed by atoms with Crippen LogP contribution in [0.5, 0.6) is 11.5 Å². The molecule has 0 spiro atoms. The second kappa shape index (κ2) is 10.5. The maximum absolute atomic E-state index is 13.4. The number of pyridine rings is 1. The molecule has 0 fully saturated rings. The van der Waals surface area contributed by atoms with Crippen molar-refractivity contribution in [3.8, 4) is 11.5 Å². The lowest BCUT2D eigenvalue weighted by Gasteiger charge is -2.18. The van der Waals surface area contributed by atoms with E-state index in [1.54, 1.807) is 0 Å². The topological polar surface area (TPSA) is 88.6 Å². The lowest BCUT2D eigenvalue weighted by atomic mass is 10.1. The van der Waals surface area contributed by atoms with Crippen molar-refractivity contribution in [3.63, 3.8) is 0 Å². The van der Waals surface area contributed by atoms with Gasteiger partial charge in [0.2, 0.25) is 10.9 Å². The highest BCUT2D eigenvalue weighted by Crippen LogP contribution is 2.40. The second-order valence-electron chi connectivity index (χ2n) is 7.06. The Balaban J connectivity index is 2.03. The predicted octanol–water partition coefficient (Wildman–Crippen LogP) is 5.41. The highest BCUT2D eigenvalue weighted by Gasteiger charge is 2.35. The minimum atomic E-state index is -4.84. The molecule has 185 valence electrons. The molecule has 1 N–H and O–H groups in total. The fraction of sp³-hybridized carbons (Fsp3) is 0.136. The number of benzene rings is 2. The zero-order valence-corrected chi connectivity index (χ0v) is 19.5. The summed E-state index contributed by atoms with van der Waals surface area (Å²) < 4.78 is 82.9. The average molecular weight is 531 g/mol. The van der Waals surface area contributed by atoms with Crippen molar-refractivity contribution < 1.29 is 35.5 Å². The summed E-state index contributed by atoms with van der Waals surface area (Å²) in [6.45, 7) is 4.81. The summed E-state index contributed by atoms with van der Waals surface area (Å²) in [5, 5.41) is 1.71. The molecule has 0 aliphatic rings. The van der Waals surface area contributed by atoms with Crippen LogP contribution in [0, 0.1) is 19.7 Å². The maximum Gasteiger partial charge on any atom is 0.417 e. The molecule has 13 heteroatoms. The molecule has 2 aromatic carbocycles. The quantitative estimate of drug-likeness (QED) is 0.315. The van der Waals surface area contributed by atoms with Crippen molar-refractivity contribution >= 4 is 39.9 Å². The molecule has 0 bridgehead atoms. The molecule has 0 atom stereocenters. The maximum atomic E-state index is 13.4. The number of halogens is 5. The number of carbonyl (C=O) groups is 1. The predicted molar refractivity (Wildman–Crippen MR) is 123 cm³/mol. The van der Waals surface area contributed by atoms with Gasteiger partial charge in [-0.25, -0.2) is 17.8 Å². The third-order valence-corrected chi connectivity index (χ3v) is 5.76. The van der Waals surface area contributed by atoms with Crippen LogP contribution in [0.2, 0.25) is 5.02 Å².